The van der Waals surface area contributed by atoms with Gasteiger partial charge in [-0.3, -0.25) is 0 Å². The number of carbonyl (C=O) groups excluding carboxylic acids is 1. The van der Waals surface area contributed by atoms with Crippen LogP contribution in [0.3, 0.4) is 0 Å². The molecule has 2 aromatic rings. The van der Waals surface area contributed by atoms with Crippen molar-refractivity contribution >= 4 is 6.03 Å². The summed E-state index contributed by atoms with van der Waals surface area (Å²) in [4.78, 5) is 15.7. The van der Waals surface area contributed by atoms with Crippen molar-refractivity contribution in [2.24, 2.45) is 5.92 Å². The van der Waals surface area contributed by atoms with E-state index in [9.17, 15) is 4.79 Å². The van der Waals surface area contributed by atoms with E-state index in [0.717, 1.165) is 31.4 Å². The van der Waals surface area contributed by atoms with Crippen molar-refractivity contribution < 1.29 is 14.3 Å². The second-order valence-corrected chi connectivity index (χ2v) is 10.5. The van der Waals surface area contributed by atoms with E-state index in [1.54, 1.807) is 7.11 Å². The maximum absolute atomic E-state index is 13.2. The molecule has 35 heavy (non-hydrogen) atoms. The van der Waals surface area contributed by atoms with Crippen LogP contribution in [0.15, 0.2) is 48.5 Å². The minimum absolute atomic E-state index is 0.00881. The van der Waals surface area contributed by atoms with Gasteiger partial charge in [-0.2, -0.15) is 0 Å². The fraction of sp³-hybridized carbons (Fsp3) is 0.552. The van der Waals surface area contributed by atoms with Crippen LogP contribution >= 0.6 is 0 Å². The average Bonchev–Trinajstić information content (AvgIpc) is 3.68. The average molecular weight is 478 g/mol. The van der Waals surface area contributed by atoms with Crippen LogP contribution in [0.5, 0.6) is 0 Å². The molecule has 3 aliphatic heterocycles. The van der Waals surface area contributed by atoms with Gasteiger partial charge in [0.25, 0.3) is 0 Å². The summed E-state index contributed by atoms with van der Waals surface area (Å²) in [5, 5.41) is 6.79. The van der Waals surface area contributed by atoms with Gasteiger partial charge < -0.3 is 25.0 Å². The summed E-state index contributed by atoms with van der Waals surface area (Å²) in [5.41, 5.74) is 4.40. The maximum atomic E-state index is 13.2. The fourth-order valence-electron chi connectivity index (χ4n) is 6.00. The summed E-state index contributed by atoms with van der Waals surface area (Å²) in [6.07, 6.45) is 5.37. The lowest BCUT2D eigenvalue weighted by Gasteiger charge is -2.53. The number of urea groups is 1. The van der Waals surface area contributed by atoms with Crippen molar-refractivity contribution in [3.8, 4) is 11.1 Å². The first-order chi connectivity index (χ1) is 17.1. The van der Waals surface area contributed by atoms with Gasteiger partial charge in [0.2, 0.25) is 0 Å². The second-order valence-electron chi connectivity index (χ2n) is 10.5. The van der Waals surface area contributed by atoms with Gasteiger partial charge in [-0.15, -0.1) is 0 Å². The molecule has 1 aliphatic carbocycles. The summed E-state index contributed by atoms with van der Waals surface area (Å²) in [6, 6.07) is 17.2. The minimum Gasteiger partial charge on any atom is -0.382 e. The summed E-state index contributed by atoms with van der Waals surface area (Å²) >= 11 is 0. The Morgan fingerprint density at radius 3 is 2.17 bits per heavy atom. The molecule has 0 aromatic heterocycles. The first-order valence-electron chi connectivity index (χ1n) is 13.1. The lowest BCUT2D eigenvalue weighted by atomic mass is 9.71. The Hall–Kier alpha value is -2.41. The van der Waals surface area contributed by atoms with E-state index in [4.69, 9.17) is 9.47 Å². The molecule has 0 radical (unpaired) electrons. The number of carbonyl (C=O) groups is 1. The van der Waals surface area contributed by atoms with Crippen LogP contribution in [0.1, 0.15) is 50.2 Å². The Kier molecular flexibility index (Phi) is 7.14. The van der Waals surface area contributed by atoms with Crippen molar-refractivity contribution in [2.75, 3.05) is 40.0 Å². The van der Waals surface area contributed by atoms with Crippen molar-refractivity contribution in [3.05, 3.63) is 59.7 Å². The first-order valence-corrected chi connectivity index (χ1v) is 13.1. The number of benzene rings is 2. The molecule has 1 unspecified atom stereocenters. The number of fused-ring (bicyclic) bond motifs is 3. The lowest BCUT2D eigenvalue weighted by molar-refractivity contribution is 0.0101. The number of hydrogen-bond donors (Lipinski definition) is 2. The fourth-order valence-corrected chi connectivity index (χ4v) is 6.00. The van der Waals surface area contributed by atoms with Crippen molar-refractivity contribution in [2.45, 2.75) is 56.7 Å². The van der Waals surface area contributed by atoms with Crippen LogP contribution in [0.2, 0.25) is 0 Å². The number of rotatable bonds is 10. The smallest absolute Gasteiger partial charge is 0.315 e. The van der Waals surface area contributed by atoms with Gasteiger partial charge in [-0.25, -0.2) is 4.79 Å². The van der Waals surface area contributed by atoms with Gasteiger partial charge in [-0.05, 0) is 73.4 Å². The zero-order valence-electron chi connectivity index (χ0n) is 21.1. The molecule has 4 fully saturated rings. The predicted octanol–water partition coefficient (Wildman–Crippen LogP) is 4.68. The van der Waals surface area contributed by atoms with Gasteiger partial charge in [0.1, 0.15) is 0 Å². The van der Waals surface area contributed by atoms with E-state index in [-0.39, 0.29) is 17.1 Å². The quantitative estimate of drug-likeness (QED) is 0.488. The predicted molar refractivity (Wildman–Crippen MR) is 138 cm³/mol. The number of piperidine rings is 3. The molecular formula is C29H39N3O3. The standard InChI is InChI=1S/C29H39N3O3/c1-3-28(21-32-16-12-26(28)13-17-32)30-27(33)31-29(14-15-29)25-10-8-24(9-11-25)23-6-4-22(5-7-23)20-35-19-18-34-2/h4-11,26H,3,12-21H2,1-2H3,(H2,30,31,33). The van der Waals surface area contributed by atoms with E-state index >= 15 is 0 Å². The van der Waals surface area contributed by atoms with Crippen LogP contribution in [-0.2, 0) is 21.6 Å². The van der Waals surface area contributed by atoms with E-state index in [1.807, 2.05) is 0 Å². The van der Waals surface area contributed by atoms with Crippen molar-refractivity contribution in [3.63, 3.8) is 0 Å². The molecule has 4 aliphatic rings. The van der Waals surface area contributed by atoms with Crippen LogP contribution in [0.4, 0.5) is 4.79 Å². The highest BCUT2D eigenvalue weighted by atomic mass is 16.5. The van der Waals surface area contributed by atoms with Crippen molar-refractivity contribution in [1.82, 2.24) is 15.5 Å². The van der Waals surface area contributed by atoms with E-state index in [0.29, 0.717) is 25.7 Å². The Balaban J connectivity index is 1.19. The molecule has 6 nitrogen and oxygen atoms in total. The summed E-state index contributed by atoms with van der Waals surface area (Å²) in [5.74, 6) is 0.598. The molecule has 2 N–H and O–H groups in total. The number of nitrogens with one attached hydrogen (secondary N) is 2. The number of ether oxygens (including phenoxy) is 2. The van der Waals surface area contributed by atoms with Crippen LogP contribution in [-0.4, -0.2) is 56.4 Å². The van der Waals surface area contributed by atoms with E-state index in [2.05, 4.69) is 71.0 Å². The molecule has 6 rings (SSSR count). The molecule has 2 bridgehead atoms. The zero-order valence-corrected chi connectivity index (χ0v) is 21.1. The number of methoxy groups -OCH3 is 1. The van der Waals surface area contributed by atoms with Gasteiger partial charge in [0.15, 0.2) is 0 Å². The van der Waals surface area contributed by atoms with Crippen molar-refractivity contribution in [1.29, 1.82) is 0 Å². The minimum atomic E-state index is -0.227. The molecule has 0 spiro atoms. The third kappa shape index (κ3) is 5.25. The SMILES string of the molecule is CCC1(NC(=O)NC2(c3ccc(-c4ccc(COCCOC)cc4)cc3)CC2)CN2CCC1CC2. The Morgan fingerprint density at radius 2 is 1.63 bits per heavy atom. The van der Waals surface area contributed by atoms with Gasteiger partial charge in [-0.1, -0.05) is 55.5 Å². The van der Waals surface area contributed by atoms with Crippen LogP contribution in [0.25, 0.3) is 11.1 Å². The van der Waals surface area contributed by atoms with Crippen LogP contribution < -0.4 is 10.6 Å². The monoisotopic (exact) mass is 477 g/mol. The molecule has 188 valence electrons. The second kappa shape index (κ2) is 10.3. The Morgan fingerprint density at radius 1 is 0.971 bits per heavy atom. The Labute approximate surface area is 209 Å². The molecule has 6 heteroatoms. The van der Waals surface area contributed by atoms with Gasteiger partial charge in [0, 0.05) is 13.7 Å². The highest BCUT2D eigenvalue weighted by molar-refractivity contribution is 5.77. The highest BCUT2D eigenvalue weighted by Gasteiger charge is 2.49. The maximum Gasteiger partial charge on any atom is 0.315 e. The first kappa shape index (κ1) is 24.3. The molecule has 2 aromatic carbocycles. The summed E-state index contributed by atoms with van der Waals surface area (Å²) < 4.78 is 10.6. The molecule has 3 heterocycles. The molecule has 3 saturated heterocycles. The largest absolute Gasteiger partial charge is 0.382 e. The Bertz CT molecular complexity index is 995. The zero-order chi connectivity index (χ0) is 24.3. The normalized spacial score (nSPS) is 26.3. The van der Waals surface area contributed by atoms with Crippen LogP contribution in [0, 0.1) is 5.92 Å². The number of hydrogen-bond acceptors (Lipinski definition) is 4. The third-order valence-electron chi connectivity index (χ3n) is 8.40. The third-order valence-corrected chi connectivity index (χ3v) is 8.40. The lowest BCUT2D eigenvalue weighted by Crippen LogP contribution is -2.68. The molecule has 1 atom stereocenters. The highest BCUT2D eigenvalue weighted by Crippen LogP contribution is 2.46. The summed E-state index contributed by atoms with van der Waals surface area (Å²) in [6.45, 7) is 7.37. The number of amides is 2. The van der Waals surface area contributed by atoms with Gasteiger partial charge in [0.05, 0.1) is 30.9 Å². The van der Waals surface area contributed by atoms with E-state index in [1.165, 1.54) is 42.6 Å². The van der Waals surface area contributed by atoms with Gasteiger partial charge >= 0.3 is 6.03 Å². The summed E-state index contributed by atoms with van der Waals surface area (Å²) in [7, 11) is 1.68. The molecular weight excluding hydrogens is 438 g/mol. The number of nitrogens with zero attached hydrogens (tertiary/aromatic N) is 1. The van der Waals surface area contributed by atoms with E-state index < -0.39 is 0 Å². The molecule has 2 amide bonds. The topological polar surface area (TPSA) is 62.8 Å². The molecule has 1 saturated carbocycles.